The van der Waals surface area contributed by atoms with Gasteiger partial charge in [-0.05, 0) is 24.1 Å². The first-order valence-corrected chi connectivity index (χ1v) is 5.40. The summed E-state index contributed by atoms with van der Waals surface area (Å²) in [5.41, 5.74) is 4.28. The lowest BCUT2D eigenvalue weighted by Gasteiger charge is -2.04. The molecule has 0 saturated heterocycles. The van der Waals surface area contributed by atoms with Crippen LogP contribution in [-0.2, 0) is 13.5 Å². The lowest BCUT2D eigenvalue weighted by Crippen LogP contribution is -1.95. The Balaban J connectivity index is 2.12. The predicted octanol–water partition coefficient (Wildman–Crippen LogP) is 2.22. The molecule has 80 valence electrons. The summed E-state index contributed by atoms with van der Waals surface area (Å²) in [6, 6.07) is 8.03. The molecule has 0 aliphatic heterocycles. The van der Waals surface area contributed by atoms with Crippen LogP contribution >= 0.6 is 0 Å². The van der Waals surface area contributed by atoms with Crippen molar-refractivity contribution in [2.75, 3.05) is 0 Å². The molecule has 16 heavy (non-hydrogen) atoms. The van der Waals surface area contributed by atoms with Crippen molar-refractivity contribution in [2.24, 2.45) is 7.05 Å². The number of nitrogens with zero attached hydrogens (tertiary/aromatic N) is 2. The number of benzene rings is 1. The molecule has 0 spiro atoms. The Bertz CT molecular complexity index is 569. The van der Waals surface area contributed by atoms with Crippen LogP contribution in [0.2, 0.25) is 0 Å². The molecule has 0 atom stereocenters. The van der Waals surface area contributed by atoms with Crippen LogP contribution in [0.1, 0.15) is 22.3 Å². The Morgan fingerprint density at radius 1 is 1.25 bits per heavy atom. The van der Waals surface area contributed by atoms with Crippen molar-refractivity contribution in [1.82, 2.24) is 9.78 Å². The van der Waals surface area contributed by atoms with Gasteiger partial charge in [-0.2, -0.15) is 5.10 Å². The minimum atomic E-state index is 0.270. The van der Waals surface area contributed by atoms with Gasteiger partial charge in [-0.1, -0.05) is 12.1 Å². The molecule has 0 bridgehead atoms. The fraction of sp³-hybridized carbons (Fsp3) is 0.231. The first kappa shape index (κ1) is 9.33. The van der Waals surface area contributed by atoms with Crippen molar-refractivity contribution in [3.05, 3.63) is 41.6 Å². The SMILES string of the molecule is Cn1nccc1-c1ccc2c(c1)CCC2=O. The van der Waals surface area contributed by atoms with E-state index in [-0.39, 0.29) is 5.78 Å². The lowest BCUT2D eigenvalue weighted by molar-refractivity contribution is 0.0994. The standard InChI is InChI=1S/C13H12N2O/c1-15-12(6-7-14-15)10-2-4-11-9(8-10)3-5-13(11)16/h2,4,6-8H,3,5H2,1H3. The smallest absolute Gasteiger partial charge is 0.163 e. The highest BCUT2D eigenvalue weighted by Gasteiger charge is 2.19. The Kier molecular flexibility index (Phi) is 1.93. The van der Waals surface area contributed by atoms with E-state index in [1.807, 2.05) is 29.9 Å². The molecule has 1 heterocycles. The van der Waals surface area contributed by atoms with Crippen LogP contribution in [0.5, 0.6) is 0 Å². The van der Waals surface area contributed by atoms with Crippen molar-refractivity contribution >= 4 is 5.78 Å². The monoisotopic (exact) mass is 212 g/mol. The highest BCUT2D eigenvalue weighted by atomic mass is 16.1. The highest BCUT2D eigenvalue weighted by molar-refractivity contribution is 6.00. The van der Waals surface area contributed by atoms with E-state index in [1.54, 1.807) is 6.20 Å². The number of Topliss-reactive ketones (excluding diaryl/α,β-unsaturated/α-hetero) is 1. The fourth-order valence-electron chi connectivity index (χ4n) is 2.27. The second-order valence-electron chi connectivity index (χ2n) is 4.14. The summed E-state index contributed by atoms with van der Waals surface area (Å²) in [6.45, 7) is 0. The van der Waals surface area contributed by atoms with Crippen LogP contribution in [0.4, 0.5) is 0 Å². The maximum atomic E-state index is 11.5. The van der Waals surface area contributed by atoms with Crippen molar-refractivity contribution in [2.45, 2.75) is 12.8 Å². The molecule has 0 fully saturated rings. The minimum Gasteiger partial charge on any atom is -0.294 e. The zero-order valence-electron chi connectivity index (χ0n) is 9.10. The van der Waals surface area contributed by atoms with E-state index < -0.39 is 0 Å². The molecule has 1 aromatic heterocycles. The van der Waals surface area contributed by atoms with Crippen LogP contribution in [0.25, 0.3) is 11.3 Å². The number of carbonyl (C=O) groups is 1. The van der Waals surface area contributed by atoms with E-state index >= 15 is 0 Å². The third-order valence-corrected chi connectivity index (χ3v) is 3.14. The Morgan fingerprint density at radius 3 is 2.88 bits per heavy atom. The summed E-state index contributed by atoms with van der Waals surface area (Å²) in [4.78, 5) is 11.5. The number of fused-ring (bicyclic) bond motifs is 1. The number of carbonyl (C=O) groups excluding carboxylic acids is 1. The minimum absolute atomic E-state index is 0.270. The van der Waals surface area contributed by atoms with Crippen molar-refractivity contribution in [3.63, 3.8) is 0 Å². The summed E-state index contributed by atoms with van der Waals surface area (Å²) < 4.78 is 1.85. The molecule has 0 amide bonds. The van der Waals surface area contributed by atoms with Crippen LogP contribution < -0.4 is 0 Å². The quantitative estimate of drug-likeness (QED) is 0.726. The third kappa shape index (κ3) is 1.28. The molecular weight excluding hydrogens is 200 g/mol. The second-order valence-corrected chi connectivity index (χ2v) is 4.14. The van der Waals surface area contributed by atoms with Gasteiger partial charge in [0.25, 0.3) is 0 Å². The summed E-state index contributed by atoms with van der Waals surface area (Å²) in [7, 11) is 1.92. The van der Waals surface area contributed by atoms with Crippen molar-refractivity contribution in [3.8, 4) is 11.3 Å². The van der Waals surface area contributed by atoms with Crippen molar-refractivity contribution < 1.29 is 4.79 Å². The third-order valence-electron chi connectivity index (χ3n) is 3.14. The van der Waals surface area contributed by atoms with Gasteiger partial charge in [-0.15, -0.1) is 0 Å². The Morgan fingerprint density at radius 2 is 2.12 bits per heavy atom. The molecule has 3 nitrogen and oxygen atoms in total. The summed E-state index contributed by atoms with van der Waals surface area (Å²) >= 11 is 0. The van der Waals surface area contributed by atoms with Gasteiger partial charge >= 0.3 is 0 Å². The lowest BCUT2D eigenvalue weighted by atomic mass is 10.0. The van der Waals surface area contributed by atoms with Gasteiger partial charge in [-0.3, -0.25) is 9.48 Å². The maximum absolute atomic E-state index is 11.5. The molecule has 3 rings (SSSR count). The Hall–Kier alpha value is -1.90. The molecule has 0 N–H and O–H groups in total. The molecule has 1 aliphatic rings. The summed E-state index contributed by atoms with van der Waals surface area (Å²) in [5, 5.41) is 4.15. The summed E-state index contributed by atoms with van der Waals surface area (Å²) in [6.07, 6.45) is 3.32. The average molecular weight is 212 g/mol. The van der Waals surface area contributed by atoms with Gasteiger partial charge in [0.05, 0.1) is 5.69 Å². The van der Waals surface area contributed by atoms with E-state index in [2.05, 4.69) is 11.2 Å². The van der Waals surface area contributed by atoms with Crippen molar-refractivity contribution in [1.29, 1.82) is 0 Å². The fourth-order valence-corrected chi connectivity index (χ4v) is 2.27. The molecular formula is C13H12N2O. The molecule has 2 aromatic rings. The molecule has 3 heteroatoms. The second kappa shape index (κ2) is 3.30. The van der Waals surface area contributed by atoms with Crippen LogP contribution in [0.15, 0.2) is 30.5 Å². The summed E-state index contributed by atoms with van der Waals surface area (Å²) in [5.74, 6) is 0.270. The van der Waals surface area contributed by atoms with Crippen LogP contribution in [0.3, 0.4) is 0 Å². The number of ketones is 1. The van der Waals surface area contributed by atoms with Gasteiger partial charge in [0, 0.05) is 30.8 Å². The van der Waals surface area contributed by atoms with Gasteiger partial charge in [-0.25, -0.2) is 0 Å². The van der Waals surface area contributed by atoms with Gasteiger partial charge in [0.2, 0.25) is 0 Å². The number of hydrogen-bond acceptors (Lipinski definition) is 2. The molecule has 1 aromatic carbocycles. The van der Waals surface area contributed by atoms with E-state index in [1.165, 1.54) is 5.56 Å². The maximum Gasteiger partial charge on any atom is 0.163 e. The molecule has 0 saturated carbocycles. The van der Waals surface area contributed by atoms with E-state index in [9.17, 15) is 4.79 Å². The van der Waals surface area contributed by atoms with E-state index in [4.69, 9.17) is 0 Å². The first-order valence-electron chi connectivity index (χ1n) is 5.40. The highest BCUT2D eigenvalue weighted by Crippen LogP contribution is 2.27. The number of rotatable bonds is 1. The zero-order valence-corrected chi connectivity index (χ0v) is 9.10. The van der Waals surface area contributed by atoms with E-state index in [0.29, 0.717) is 6.42 Å². The molecule has 1 aliphatic carbocycles. The van der Waals surface area contributed by atoms with Gasteiger partial charge < -0.3 is 0 Å². The molecule has 0 radical (unpaired) electrons. The number of aromatic nitrogens is 2. The van der Waals surface area contributed by atoms with E-state index in [0.717, 1.165) is 23.2 Å². The number of hydrogen-bond donors (Lipinski definition) is 0. The van der Waals surface area contributed by atoms with Crippen LogP contribution in [0, 0.1) is 0 Å². The first-order chi connectivity index (χ1) is 7.75. The topological polar surface area (TPSA) is 34.9 Å². The van der Waals surface area contributed by atoms with Gasteiger partial charge in [0.1, 0.15) is 0 Å². The van der Waals surface area contributed by atoms with Gasteiger partial charge in [0.15, 0.2) is 5.78 Å². The predicted molar refractivity (Wildman–Crippen MR) is 61.3 cm³/mol. The van der Waals surface area contributed by atoms with Crippen LogP contribution in [-0.4, -0.2) is 15.6 Å². The molecule has 0 unspecified atom stereocenters. The average Bonchev–Trinajstić information content (AvgIpc) is 2.86. The zero-order chi connectivity index (χ0) is 11.1. The largest absolute Gasteiger partial charge is 0.294 e. The Labute approximate surface area is 93.7 Å². The number of aryl methyl sites for hydroxylation is 2. The normalized spacial score (nSPS) is 14.2.